The van der Waals surface area contributed by atoms with Gasteiger partial charge < -0.3 is 10.1 Å². The highest BCUT2D eigenvalue weighted by Crippen LogP contribution is 2.29. The number of nitrogens with one attached hydrogen (secondary N) is 1. The molecule has 0 aliphatic rings. The topological polar surface area (TPSA) is 64.4 Å². The summed E-state index contributed by atoms with van der Waals surface area (Å²) in [5.74, 6) is -0.00277. The number of anilines is 1. The summed E-state index contributed by atoms with van der Waals surface area (Å²) in [5, 5.41) is 13.1. The normalized spacial score (nSPS) is 11.1. The van der Waals surface area contributed by atoms with Gasteiger partial charge in [-0.2, -0.15) is 13.2 Å². The molecule has 0 fully saturated rings. The highest BCUT2D eigenvalue weighted by Gasteiger charge is 2.26. The number of alkyl halides is 3. The summed E-state index contributed by atoms with van der Waals surface area (Å²) in [5.41, 5.74) is 0.0978. The second kappa shape index (κ2) is 5.56. The van der Waals surface area contributed by atoms with Crippen LogP contribution < -0.4 is 10.1 Å². The molecule has 0 spiro atoms. The maximum Gasteiger partial charge on any atom is 0.390 e. The standard InChI is InChI=1S/C10H11F3N2O3/c1-18-9-6-7(2-3-8(9)15(16)17)14-5-4-10(11,12)13/h2-3,6,14H,4-5H2,1H3. The first-order valence-corrected chi connectivity index (χ1v) is 4.96. The Morgan fingerprint density at radius 2 is 2.11 bits per heavy atom. The Morgan fingerprint density at radius 1 is 1.44 bits per heavy atom. The minimum absolute atomic E-state index is 0.00277. The van der Waals surface area contributed by atoms with Crippen molar-refractivity contribution in [3.8, 4) is 5.75 Å². The number of nitro benzene ring substituents is 1. The van der Waals surface area contributed by atoms with Gasteiger partial charge in [0.25, 0.3) is 0 Å². The maximum absolute atomic E-state index is 11.9. The molecule has 1 N–H and O–H groups in total. The van der Waals surface area contributed by atoms with Gasteiger partial charge in [0.1, 0.15) is 0 Å². The van der Waals surface area contributed by atoms with Crippen molar-refractivity contribution < 1.29 is 22.8 Å². The predicted molar refractivity (Wildman–Crippen MR) is 58.8 cm³/mol. The molecule has 0 aliphatic heterocycles. The van der Waals surface area contributed by atoms with Crippen LogP contribution in [0.1, 0.15) is 6.42 Å². The third-order valence-electron chi connectivity index (χ3n) is 2.11. The van der Waals surface area contributed by atoms with E-state index in [0.29, 0.717) is 5.69 Å². The minimum Gasteiger partial charge on any atom is -0.490 e. The number of hydrogen-bond acceptors (Lipinski definition) is 4. The van der Waals surface area contributed by atoms with Gasteiger partial charge in [0.05, 0.1) is 18.5 Å². The van der Waals surface area contributed by atoms with Gasteiger partial charge in [-0.25, -0.2) is 0 Å². The SMILES string of the molecule is COc1cc(NCCC(F)(F)F)ccc1[N+](=O)[O-]. The third-order valence-corrected chi connectivity index (χ3v) is 2.11. The number of benzene rings is 1. The Balaban J connectivity index is 2.71. The molecule has 18 heavy (non-hydrogen) atoms. The van der Waals surface area contributed by atoms with E-state index in [1.54, 1.807) is 0 Å². The quantitative estimate of drug-likeness (QED) is 0.656. The first-order valence-electron chi connectivity index (χ1n) is 4.96. The van der Waals surface area contributed by atoms with Crippen LogP contribution in [-0.2, 0) is 0 Å². The molecular formula is C10H11F3N2O3. The lowest BCUT2D eigenvalue weighted by atomic mass is 10.2. The summed E-state index contributed by atoms with van der Waals surface area (Å²) < 4.78 is 40.5. The fourth-order valence-corrected chi connectivity index (χ4v) is 1.29. The Hall–Kier alpha value is -1.99. The van der Waals surface area contributed by atoms with Crippen LogP contribution >= 0.6 is 0 Å². The van der Waals surface area contributed by atoms with Crippen LogP contribution in [0.4, 0.5) is 24.5 Å². The van der Waals surface area contributed by atoms with Crippen molar-refractivity contribution in [2.24, 2.45) is 0 Å². The zero-order valence-electron chi connectivity index (χ0n) is 9.45. The van der Waals surface area contributed by atoms with Crippen molar-refractivity contribution in [1.29, 1.82) is 0 Å². The summed E-state index contributed by atoms with van der Waals surface area (Å²) in [4.78, 5) is 9.97. The van der Waals surface area contributed by atoms with Crippen LogP contribution in [0.15, 0.2) is 18.2 Å². The van der Waals surface area contributed by atoms with Gasteiger partial charge in [0.15, 0.2) is 5.75 Å². The molecule has 0 amide bonds. The molecule has 5 nitrogen and oxygen atoms in total. The minimum atomic E-state index is -4.24. The number of methoxy groups -OCH3 is 1. The average molecular weight is 264 g/mol. The second-order valence-electron chi connectivity index (χ2n) is 3.44. The molecule has 0 saturated carbocycles. The van der Waals surface area contributed by atoms with Crippen molar-refractivity contribution in [2.75, 3.05) is 19.0 Å². The van der Waals surface area contributed by atoms with E-state index in [1.807, 2.05) is 0 Å². The average Bonchev–Trinajstić information content (AvgIpc) is 2.26. The van der Waals surface area contributed by atoms with Crippen LogP contribution in [0.3, 0.4) is 0 Å². The zero-order chi connectivity index (χ0) is 13.8. The van der Waals surface area contributed by atoms with Crippen molar-refractivity contribution in [3.05, 3.63) is 28.3 Å². The maximum atomic E-state index is 11.9. The molecule has 0 atom stereocenters. The molecule has 0 heterocycles. The van der Waals surface area contributed by atoms with Crippen LogP contribution in [0.25, 0.3) is 0 Å². The van der Waals surface area contributed by atoms with Crippen LogP contribution in [0.2, 0.25) is 0 Å². The van der Waals surface area contributed by atoms with Gasteiger partial charge in [0.2, 0.25) is 0 Å². The molecule has 0 radical (unpaired) electrons. The van der Waals surface area contributed by atoms with Crippen molar-refractivity contribution >= 4 is 11.4 Å². The Labute approximate surface area is 101 Å². The number of ether oxygens (including phenoxy) is 1. The molecule has 8 heteroatoms. The van der Waals surface area contributed by atoms with E-state index in [2.05, 4.69) is 5.32 Å². The fourth-order valence-electron chi connectivity index (χ4n) is 1.29. The lowest BCUT2D eigenvalue weighted by molar-refractivity contribution is -0.385. The van der Waals surface area contributed by atoms with Gasteiger partial charge in [-0.15, -0.1) is 0 Å². The van der Waals surface area contributed by atoms with E-state index in [-0.39, 0.29) is 18.0 Å². The van der Waals surface area contributed by atoms with Crippen LogP contribution in [0, 0.1) is 10.1 Å². The Bertz CT molecular complexity index is 435. The summed E-state index contributed by atoms with van der Waals surface area (Å²) >= 11 is 0. The molecular weight excluding hydrogens is 253 g/mol. The number of nitro groups is 1. The molecule has 0 aliphatic carbocycles. The monoisotopic (exact) mass is 264 g/mol. The fraction of sp³-hybridized carbons (Fsp3) is 0.400. The van der Waals surface area contributed by atoms with Crippen molar-refractivity contribution in [1.82, 2.24) is 0 Å². The van der Waals surface area contributed by atoms with Crippen LogP contribution in [-0.4, -0.2) is 24.8 Å². The van der Waals surface area contributed by atoms with E-state index < -0.39 is 17.5 Å². The third kappa shape index (κ3) is 4.11. The molecule has 1 aromatic rings. The van der Waals surface area contributed by atoms with Crippen LogP contribution in [0.5, 0.6) is 5.75 Å². The van der Waals surface area contributed by atoms with Gasteiger partial charge in [-0.1, -0.05) is 0 Å². The van der Waals surface area contributed by atoms with Gasteiger partial charge in [-0.05, 0) is 6.07 Å². The predicted octanol–water partition coefficient (Wildman–Crippen LogP) is 2.97. The number of halogens is 3. The number of rotatable bonds is 5. The first-order chi connectivity index (χ1) is 8.33. The van der Waals surface area contributed by atoms with E-state index in [9.17, 15) is 23.3 Å². The van der Waals surface area contributed by atoms with E-state index in [0.717, 1.165) is 0 Å². The van der Waals surface area contributed by atoms with Gasteiger partial charge >= 0.3 is 11.9 Å². The molecule has 1 aromatic carbocycles. The highest BCUT2D eigenvalue weighted by atomic mass is 19.4. The summed E-state index contributed by atoms with van der Waals surface area (Å²) in [7, 11) is 1.25. The summed E-state index contributed by atoms with van der Waals surface area (Å²) in [6.07, 6.45) is -5.22. The lowest BCUT2D eigenvalue weighted by Gasteiger charge is -2.10. The van der Waals surface area contributed by atoms with E-state index >= 15 is 0 Å². The summed E-state index contributed by atoms with van der Waals surface area (Å²) in [6.45, 7) is -0.301. The zero-order valence-corrected chi connectivity index (χ0v) is 9.45. The lowest BCUT2D eigenvalue weighted by Crippen LogP contribution is -2.14. The molecule has 0 saturated heterocycles. The van der Waals surface area contributed by atoms with E-state index in [1.165, 1.54) is 25.3 Å². The first kappa shape index (κ1) is 14.1. The van der Waals surface area contributed by atoms with Gasteiger partial charge in [0, 0.05) is 24.4 Å². The smallest absolute Gasteiger partial charge is 0.390 e. The second-order valence-corrected chi connectivity index (χ2v) is 3.44. The number of nitrogens with zero attached hydrogens (tertiary/aromatic N) is 1. The molecule has 1 rings (SSSR count). The molecule has 0 bridgehead atoms. The number of hydrogen-bond donors (Lipinski definition) is 1. The molecule has 0 aromatic heterocycles. The Morgan fingerprint density at radius 3 is 2.61 bits per heavy atom. The molecule has 100 valence electrons. The van der Waals surface area contributed by atoms with E-state index in [4.69, 9.17) is 4.74 Å². The Kier molecular flexibility index (Phi) is 4.35. The summed E-state index contributed by atoms with van der Waals surface area (Å²) in [6, 6.07) is 3.79. The largest absolute Gasteiger partial charge is 0.490 e. The van der Waals surface area contributed by atoms with Crippen molar-refractivity contribution in [2.45, 2.75) is 12.6 Å². The van der Waals surface area contributed by atoms with Crippen molar-refractivity contribution in [3.63, 3.8) is 0 Å². The van der Waals surface area contributed by atoms with Gasteiger partial charge in [-0.3, -0.25) is 10.1 Å². The molecule has 0 unspecified atom stereocenters. The highest BCUT2D eigenvalue weighted by molar-refractivity contribution is 5.57.